The van der Waals surface area contributed by atoms with Crippen LogP contribution >= 0.6 is 11.6 Å². The molecule has 0 bridgehead atoms. The van der Waals surface area contributed by atoms with Gasteiger partial charge in [-0.3, -0.25) is 19.3 Å². The van der Waals surface area contributed by atoms with Gasteiger partial charge in [0.25, 0.3) is 0 Å². The van der Waals surface area contributed by atoms with E-state index < -0.39 is 0 Å². The Morgan fingerprint density at radius 1 is 1.04 bits per heavy atom. The topological polar surface area (TPSA) is 60.9 Å². The maximum Gasteiger partial charge on any atom is 0.242 e. The van der Waals surface area contributed by atoms with Crippen LogP contribution in [0.4, 0.5) is 5.69 Å². The van der Waals surface area contributed by atoms with E-state index in [0.717, 1.165) is 10.6 Å². The molecule has 1 aromatic carbocycles. The first-order chi connectivity index (χ1) is 11.0. The number of hydrogen-bond donors (Lipinski definition) is 0. The summed E-state index contributed by atoms with van der Waals surface area (Å²) in [5.41, 5.74) is 1.04. The molecule has 2 aliphatic rings. The average Bonchev–Trinajstić information content (AvgIpc) is 2.87. The van der Waals surface area contributed by atoms with Gasteiger partial charge < -0.3 is 9.80 Å². The Morgan fingerprint density at radius 3 is 2.30 bits per heavy atom. The minimum Gasteiger partial charge on any atom is -0.368 e. The van der Waals surface area contributed by atoms with Crippen LogP contribution in [0.5, 0.6) is 0 Å². The summed E-state index contributed by atoms with van der Waals surface area (Å²) >= 11 is 6.01. The Bertz CT molecular complexity index is 625. The van der Waals surface area contributed by atoms with Crippen LogP contribution in [0.2, 0.25) is 5.02 Å². The van der Waals surface area contributed by atoms with Crippen LogP contribution in [0.15, 0.2) is 24.3 Å². The second-order valence-corrected chi connectivity index (χ2v) is 6.16. The van der Waals surface area contributed by atoms with Crippen molar-refractivity contribution in [2.75, 3.05) is 37.6 Å². The van der Waals surface area contributed by atoms with Gasteiger partial charge in [-0.05, 0) is 18.2 Å². The van der Waals surface area contributed by atoms with Crippen LogP contribution in [0, 0.1) is 0 Å². The number of carbonyl (C=O) groups is 3. The maximum atomic E-state index is 12.3. The molecular weight excluding hydrogens is 318 g/mol. The smallest absolute Gasteiger partial charge is 0.242 e. The summed E-state index contributed by atoms with van der Waals surface area (Å²) in [6.45, 7) is 2.42. The molecule has 7 heteroatoms. The molecule has 3 amide bonds. The molecule has 0 unspecified atom stereocenters. The van der Waals surface area contributed by atoms with E-state index in [2.05, 4.69) is 4.90 Å². The number of rotatable bonds is 3. The molecule has 0 aliphatic carbocycles. The average molecular weight is 336 g/mol. The Morgan fingerprint density at radius 2 is 1.70 bits per heavy atom. The van der Waals surface area contributed by atoms with E-state index in [1.165, 1.54) is 0 Å². The number of anilines is 1. The van der Waals surface area contributed by atoms with Crippen molar-refractivity contribution in [3.8, 4) is 0 Å². The highest BCUT2D eigenvalue weighted by Gasteiger charge is 2.32. The van der Waals surface area contributed by atoms with Crippen LogP contribution in [0.25, 0.3) is 0 Å². The van der Waals surface area contributed by atoms with Crippen LogP contribution < -0.4 is 4.90 Å². The zero-order valence-corrected chi connectivity index (χ0v) is 13.5. The summed E-state index contributed by atoms with van der Waals surface area (Å²) in [6.07, 6.45) is 0.434. The number of amides is 3. The quantitative estimate of drug-likeness (QED) is 0.777. The molecule has 122 valence electrons. The molecule has 2 heterocycles. The highest BCUT2D eigenvalue weighted by Crippen LogP contribution is 2.21. The maximum absolute atomic E-state index is 12.3. The summed E-state index contributed by atoms with van der Waals surface area (Å²) in [6, 6.07) is 7.63. The Balaban J connectivity index is 1.55. The van der Waals surface area contributed by atoms with Gasteiger partial charge in [-0.2, -0.15) is 0 Å². The first-order valence-corrected chi connectivity index (χ1v) is 8.04. The molecule has 2 aliphatic heterocycles. The van der Waals surface area contributed by atoms with Gasteiger partial charge >= 0.3 is 0 Å². The van der Waals surface area contributed by atoms with Crippen LogP contribution in [0.3, 0.4) is 0 Å². The molecule has 0 radical (unpaired) electrons. The van der Waals surface area contributed by atoms with E-state index in [9.17, 15) is 14.4 Å². The summed E-state index contributed by atoms with van der Waals surface area (Å²) in [5.74, 6) is -0.666. The molecule has 0 aromatic heterocycles. The minimum atomic E-state index is -0.249. The fourth-order valence-corrected chi connectivity index (χ4v) is 3.11. The summed E-state index contributed by atoms with van der Waals surface area (Å²) < 4.78 is 0. The zero-order chi connectivity index (χ0) is 16.4. The monoisotopic (exact) mass is 335 g/mol. The zero-order valence-electron chi connectivity index (χ0n) is 12.7. The molecule has 23 heavy (non-hydrogen) atoms. The molecule has 6 nitrogen and oxygen atoms in total. The highest BCUT2D eigenvalue weighted by molar-refractivity contribution is 6.30. The van der Waals surface area contributed by atoms with Gasteiger partial charge in [0, 0.05) is 49.7 Å². The number of imide groups is 1. The molecule has 3 rings (SSSR count). The first kappa shape index (κ1) is 15.8. The van der Waals surface area contributed by atoms with Crippen molar-refractivity contribution in [2.45, 2.75) is 12.8 Å². The SMILES string of the molecule is O=C(CN1C(=O)CCC1=O)N1CCN(c2cccc(Cl)c2)CC1. The number of halogens is 1. The third kappa shape index (κ3) is 3.47. The van der Waals surface area contributed by atoms with E-state index in [1.807, 2.05) is 24.3 Å². The Hall–Kier alpha value is -2.08. The van der Waals surface area contributed by atoms with Crippen molar-refractivity contribution in [2.24, 2.45) is 0 Å². The normalized spacial score (nSPS) is 18.7. The van der Waals surface area contributed by atoms with E-state index >= 15 is 0 Å². The number of likely N-dealkylation sites (tertiary alicyclic amines) is 1. The second-order valence-electron chi connectivity index (χ2n) is 5.72. The van der Waals surface area contributed by atoms with Crippen molar-refractivity contribution >= 4 is 35.0 Å². The summed E-state index contributed by atoms with van der Waals surface area (Å²) in [5, 5.41) is 0.687. The molecule has 0 spiro atoms. The fraction of sp³-hybridized carbons (Fsp3) is 0.438. The van der Waals surface area contributed by atoms with Gasteiger partial charge in [0.2, 0.25) is 17.7 Å². The van der Waals surface area contributed by atoms with Gasteiger partial charge in [0.05, 0.1) is 0 Å². The van der Waals surface area contributed by atoms with Gasteiger partial charge in [0.15, 0.2) is 0 Å². The third-order valence-corrected chi connectivity index (χ3v) is 4.49. The Kier molecular flexibility index (Phi) is 4.52. The lowest BCUT2D eigenvalue weighted by molar-refractivity contribution is -0.145. The predicted octanol–water partition coefficient (Wildman–Crippen LogP) is 1.14. The highest BCUT2D eigenvalue weighted by atomic mass is 35.5. The first-order valence-electron chi connectivity index (χ1n) is 7.66. The van der Waals surface area contributed by atoms with E-state index in [0.29, 0.717) is 31.2 Å². The van der Waals surface area contributed by atoms with Crippen molar-refractivity contribution in [3.05, 3.63) is 29.3 Å². The van der Waals surface area contributed by atoms with E-state index in [-0.39, 0.29) is 37.1 Å². The molecule has 0 atom stereocenters. The van der Waals surface area contributed by atoms with Crippen molar-refractivity contribution in [1.82, 2.24) is 9.80 Å². The van der Waals surface area contributed by atoms with Crippen LogP contribution in [0.1, 0.15) is 12.8 Å². The summed E-state index contributed by atoms with van der Waals surface area (Å²) in [7, 11) is 0. The lowest BCUT2D eigenvalue weighted by Crippen LogP contribution is -2.51. The molecule has 2 fully saturated rings. The second kappa shape index (κ2) is 6.58. The van der Waals surface area contributed by atoms with E-state index in [4.69, 9.17) is 11.6 Å². The van der Waals surface area contributed by atoms with Crippen LogP contribution in [-0.4, -0.2) is 60.2 Å². The lowest BCUT2D eigenvalue weighted by Gasteiger charge is -2.36. The number of nitrogens with zero attached hydrogens (tertiary/aromatic N) is 3. The molecule has 0 saturated carbocycles. The Labute approximate surface area is 139 Å². The largest absolute Gasteiger partial charge is 0.368 e. The molecule has 0 N–H and O–H groups in total. The molecule has 2 saturated heterocycles. The van der Waals surface area contributed by atoms with E-state index in [1.54, 1.807) is 4.90 Å². The van der Waals surface area contributed by atoms with Crippen LogP contribution in [-0.2, 0) is 14.4 Å². The van der Waals surface area contributed by atoms with Gasteiger partial charge in [-0.25, -0.2) is 0 Å². The van der Waals surface area contributed by atoms with Gasteiger partial charge in [-0.15, -0.1) is 0 Å². The third-order valence-electron chi connectivity index (χ3n) is 4.25. The van der Waals surface area contributed by atoms with Gasteiger partial charge in [-0.1, -0.05) is 17.7 Å². The van der Waals surface area contributed by atoms with Crippen molar-refractivity contribution in [1.29, 1.82) is 0 Å². The number of hydrogen-bond acceptors (Lipinski definition) is 4. The molecule has 1 aromatic rings. The number of carbonyl (C=O) groups excluding carboxylic acids is 3. The minimum absolute atomic E-state index is 0.130. The predicted molar refractivity (Wildman–Crippen MR) is 86.2 cm³/mol. The number of piperazine rings is 1. The fourth-order valence-electron chi connectivity index (χ4n) is 2.92. The number of benzene rings is 1. The van der Waals surface area contributed by atoms with Gasteiger partial charge in [0.1, 0.15) is 6.54 Å². The van der Waals surface area contributed by atoms with Crippen molar-refractivity contribution < 1.29 is 14.4 Å². The lowest BCUT2D eigenvalue weighted by atomic mass is 10.2. The standard InChI is InChI=1S/C16H18ClN3O3/c17-12-2-1-3-13(10-12)18-6-8-19(9-7-18)16(23)11-20-14(21)4-5-15(20)22/h1-3,10H,4-9,11H2. The molecular formula is C16H18ClN3O3. The van der Waals surface area contributed by atoms with Crippen molar-refractivity contribution in [3.63, 3.8) is 0 Å². The summed E-state index contributed by atoms with van der Waals surface area (Å²) in [4.78, 5) is 40.4.